The van der Waals surface area contributed by atoms with Gasteiger partial charge in [-0.25, -0.2) is 4.98 Å². The van der Waals surface area contributed by atoms with Gasteiger partial charge >= 0.3 is 0 Å². The SMILES string of the molecule is Cc1cccnc1N1CCc2cccc(N)c2C1. The summed E-state index contributed by atoms with van der Waals surface area (Å²) in [7, 11) is 0. The maximum Gasteiger partial charge on any atom is 0.131 e. The number of nitrogen functional groups attached to an aromatic ring is 1. The Morgan fingerprint density at radius 1 is 1.22 bits per heavy atom. The molecule has 0 saturated carbocycles. The molecule has 92 valence electrons. The number of aryl methyl sites for hydroxylation is 1. The van der Waals surface area contributed by atoms with Gasteiger partial charge in [0.2, 0.25) is 0 Å². The first-order valence-electron chi connectivity index (χ1n) is 6.28. The summed E-state index contributed by atoms with van der Waals surface area (Å²) in [4.78, 5) is 6.80. The van der Waals surface area contributed by atoms with Gasteiger partial charge in [-0.05, 0) is 42.2 Å². The molecule has 0 saturated heterocycles. The van der Waals surface area contributed by atoms with Crippen molar-refractivity contribution in [2.45, 2.75) is 19.9 Å². The number of anilines is 2. The predicted molar refractivity (Wildman–Crippen MR) is 74.6 cm³/mol. The third-order valence-electron chi connectivity index (χ3n) is 3.59. The number of hydrogen-bond donors (Lipinski definition) is 1. The molecule has 0 amide bonds. The summed E-state index contributed by atoms with van der Waals surface area (Å²) in [5.74, 6) is 1.08. The zero-order valence-corrected chi connectivity index (χ0v) is 10.6. The second kappa shape index (κ2) is 4.33. The summed E-state index contributed by atoms with van der Waals surface area (Å²) in [6, 6.07) is 10.3. The van der Waals surface area contributed by atoms with Crippen molar-refractivity contribution >= 4 is 11.5 Å². The number of nitrogens with two attached hydrogens (primary N) is 1. The zero-order valence-electron chi connectivity index (χ0n) is 10.6. The van der Waals surface area contributed by atoms with Crippen molar-refractivity contribution < 1.29 is 0 Å². The fourth-order valence-electron chi connectivity index (χ4n) is 2.60. The normalized spacial score (nSPS) is 14.4. The molecule has 1 aliphatic rings. The third kappa shape index (κ3) is 1.82. The Labute approximate surface area is 107 Å². The molecule has 2 N–H and O–H groups in total. The van der Waals surface area contributed by atoms with Crippen LogP contribution in [0.2, 0.25) is 0 Å². The highest BCUT2D eigenvalue weighted by Gasteiger charge is 2.19. The van der Waals surface area contributed by atoms with Crippen LogP contribution in [0, 0.1) is 6.92 Å². The Hall–Kier alpha value is -2.03. The van der Waals surface area contributed by atoms with Crippen LogP contribution in [-0.4, -0.2) is 11.5 Å². The van der Waals surface area contributed by atoms with Crippen LogP contribution in [0.3, 0.4) is 0 Å². The van der Waals surface area contributed by atoms with Gasteiger partial charge in [-0.2, -0.15) is 0 Å². The lowest BCUT2D eigenvalue weighted by molar-refractivity contribution is 0.720. The molecule has 3 nitrogen and oxygen atoms in total. The highest BCUT2D eigenvalue weighted by atomic mass is 15.2. The van der Waals surface area contributed by atoms with Crippen molar-refractivity contribution in [1.82, 2.24) is 4.98 Å². The quantitative estimate of drug-likeness (QED) is 0.778. The first-order chi connectivity index (χ1) is 8.75. The van der Waals surface area contributed by atoms with E-state index in [0.717, 1.165) is 31.0 Å². The summed E-state index contributed by atoms with van der Waals surface area (Å²) in [6.45, 7) is 3.97. The predicted octanol–water partition coefficient (Wildman–Crippen LogP) is 2.53. The summed E-state index contributed by atoms with van der Waals surface area (Å²) >= 11 is 0. The number of benzene rings is 1. The lowest BCUT2D eigenvalue weighted by Gasteiger charge is -2.31. The van der Waals surface area contributed by atoms with Crippen molar-refractivity contribution in [3.63, 3.8) is 0 Å². The van der Waals surface area contributed by atoms with Gasteiger partial charge < -0.3 is 10.6 Å². The van der Waals surface area contributed by atoms with Crippen LogP contribution in [0.15, 0.2) is 36.5 Å². The molecule has 2 heterocycles. The topological polar surface area (TPSA) is 42.2 Å². The molecular weight excluding hydrogens is 222 g/mol. The maximum atomic E-state index is 6.07. The third-order valence-corrected chi connectivity index (χ3v) is 3.59. The standard InChI is InChI=1S/C15H17N3/c1-11-4-3-8-17-15(11)18-9-7-12-5-2-6-14(16)13(12)10-18/h2-6,8H,7,9-10,16H2,1H3. The van der Waals surface area contributed by atoms with Gasteiger partial charge in [0.1, 0.15) is 5.82 Å². The van der Waals surface area contributed by atoms with Crippen LogP contribution in [-0.2, 0) is 13.0 Å². The average Bonchev–Trinajstić information content (AvgIpc) is 2.40. The molecule has 3 rings (SSSR count). The Morgan fingerprint density at radius 2 is 2.11 bits per heavy atom. The summed E-state index contributed by atoms with van der Waals surface area (Å²) < 4.78 is 0. The van der Waals surface area contributed by atoms with Crippen molar-refractivity contribution in [2.75, 3.05) is 17.2 Å². The van der Waals surface area contributed by atoms with Crippen LogP contribution in [0.25, 0.3) is 0 Å². The van der Waals surface area contributed by atoms with Crippen LogP contribution in [0.1, 0.15) is 16.7 Å². The van der Waals surface area contributed by atoms with Crippen molar-refractivity contribution in [3.05, 3.63) is 53.2 Å². The van der Waals surface area contributed by atoms with E-state index < -0.39 is 0 Å². The second-order valence-corrected chi connectivity index (χ2v) is 4.80. The Balaban J connectivity index is 1.96. The summed E-state index contributed by atoms with van der Waals surface area (Å²) in [5, 5.41) is 0. The van der Waals surface area contributed by atoms with Crippen LogP contribution in [0.4, 0.5) is 11.5 Å². The van der Waals surface area contributed by atoms with E-state index in [-0.39, 0.29) is 0 Å². The number of aromatic nitrogens is 1. The smallest absolute Gasteiger partial charge is 0.131 e. The molecule has 0 radical (unpaired) electrons. The Morgan fingerprint density at radius 3 is 2.94 bits per heavy atom. The fraction of sp³-hybridized carbons (Fsp3) is 0.267. The molecule has 1 aromatic carbocycles. The van der Waals surface area contributed by atoms with Gasteiger partial charge in [-0.3, -0.25) is 0 Å². The van der Waals surface area contributed by atoms with Gasteiger partial charge in [0.25, 0.3) is 0 Å². The molecule has 0 bridgehead atoms. The molecule has 2 aromatic rings. The van der Waals surface area contributed by atoms with E-state index in [0.29, 0.717) is 0 Å². The molecule has 0 spiro atoms. The number of hydrogen-bond acceptors (Lipinski definition) is 3. The first-order valence-corrected chi connectivity index (χ1v) is 6.28. The average molecular weight is 239 g/mol. The van der Waals surface area contributed by atoms with E-state index in [1.54, 1.807) is 0 Å². The van der Waals surface area contributed by atoms with E-state index in [1.165, 1.54) is 16.7 Å². The molecule has 0 atom stereocenters. The van der Waals surface area contributed by atoms with Crippen LogP contribution < -0.4 is 10.6 Å². The number of fused-ring (bicyclic) bond motifs is 1. The minimum absolute atomic E-state index is 0.861. The molecular formula is C15H17N3. The van der Waals surface area contributed by atoms with Gasteiger partial charge in [0.15, 0.2) is 0 Å². The Kier molecular flexibility index (Phi) is 2.67. The minimum atomic E-state index is 0.861. The van der Waals surface area contributed by atoms with Crippen LogP contribution in [0.5, 0.6) is 0 Å². The monoisotopic (exact) mass is 239 g/mol. The van der Waals surface area contributed by atoms with Gasteiger partial charge in [0.05, 0.1) is 0 Å². The molecule has 1 aromatic heterocycles. The summed E-state index contributed by atoms with van der Waals surface area (Å²) in [5.41, 5.74) is 10.8. The molecule has 3 heteroatoms. The number of nitrogens with zero attached hydrogens (tertiary/aromatic N) is 2. The van der Waals surface area contributed by atoms with E-state index in [2.05, 4.69) is 28.9 Å². The van der Waals surface area contributed by atoms with Crippen molar-refractivity contribution in [2.24, 2.45) is 0 Å². The maximum absolute atomic E-state index is 6.07. The van der Waals surface area contributed by atoms with Gasteiger partial charge in [0, 0.05) is 25.0 Å². The highest BCUT2D eigenvalue weighted by Crippen LogP contribution is 2.28. The molecule has 1 aliphatic heterocycles. The van der Waals surface area contributed by atoms with E-state index in [9.17, 15) is 0 Å². The minimum Gasteiger partial charge on any atom is -0.398 e. The second-order valence-electron chi connectivity index (χ2n) is 4.80. The zero-order chi connectivity index (χ0) is 12.5. The van der Waals surface area contributed by atoms with E-state index in [1.807, 2.05) is 24.4 Å². The van der Waals surface area contributed by atoms with Crippen LogP contribution >= 0.6 is 0 Å². The lowest BCUT2D eigenvalue weighted by Crippen LogP contribution is -2.32. The van der Waals surface area contributed by atoms with E-state index >= 15 is 0 Å². The first kappa shape index (κ1) is 11.1. The van der Waals surface area contributed by atoms with Gasteiger partial charge in [-0.1, -0.05) is 18.2 Å². The highest BCUT2D eigenvalue weighted by molar-refractivity contribution is 5.56. The lowest BCUT2D eigenvalue weighted by atomic mass is 9.98. The van der Waals surface area contributed by atoms with Crippen molar-refractivity contribution in [3.8, 4) is 0 Å². The molecule has 0 aliphatic carbocycles. The Bertz CT molecular complexity index is 578. The number of pyridine rings is 1. The largest absolute Gasteiger partial charge is 0.398 e. The van der Waals surface area contributed by atoms with Crippen molar-refractivity contribution in [1.29, 1.82) is 0 Å². The molecule has 0 unspecified atom stereocenters. The van der Waals surface area contributed by atoms with Gasteiger partial charge in [-0.15, -0.1) is 0 Å². The number of rotatable bonds is 1. The summed E-state index contributed by atoms with van der Waals surface area (Å²) in [6.07, 6.45) is 2.89. The fourth-order valence-corrected chi connectivity index (χ4v) is 2.60. The molecule has 18 heavy (non-hydrogen) atoms. The van der Waals surface area contributed by atoms with E-state index in [4.69, 9.17) is 5.73 Å². The molecule has 0 fully saturated rings.